The molecule has 2 rings (SSSR count). The molecule has 2 aromatic rings. The zero-order chi connectivity index (χ0) is 14.8. The number of halogens is 3. The molecule has 0 saturated heterocycles. The molecular formula is C15H12F3NO. The fourth-order valence-corrected chi connectivity index (χ4v) is 1.82. The Balaban J connectivity index is 2.37. The normalized spacial score (nSPS) is 12.5. The summed E-state index contributed by atoms with van der Waals surface area (Å²) in [6.45, 7) is 1.48. The summed E-state index contributed by atoms with van der Waals surface area (Å²) in [6.07, 6.45) is -3.07. The molecule has 0 unspecified atom stereocenters. The van der Waals surface area contributed by atoms with Gasteiger partial charge < -0.3 is 5.21 Å². The van der Waals surface area contributed by atoms with Gasteiger partial charge in [0.05, 0.1) is 5.56 Å². The van der Waals surface area contributed by atoms with Gasteiger partial charge in [-0.2, -0.15) is 17.9 Å². The molecule has 0 N–H and O–H groups in total. The van der Waals surface area contributed by atoms with Crippen molar-refractivity contribution < 1.29 is 17.9 Å². The van der Waals surface area contributed by atoms with Crippen LogP contribution in [0.3, 0.4) is 0 Å². The maximum Gasteiger partial charge on any atom is 0.416 e. The molecule has 0 amide bonds. The fourth-order valence-electron chi connectivity index (χ4n) is 1.82. The molecular weight excluding hydrogens is 267 g/mol. The number of nitrogens with zero attached hydrogens (tertiary/aromatic N) is 1. The van der Waals surface area contributed by atoms with Crippen molar-refractivity contribution in [2.24, 2.45) is 0 Å². The van der Waals surface area contributed by atoms with Gasteiger partial charge in [-0.15, -0.1) is 0 Å². The molecule has 0 saturated carbocycles. The van der Waals surface area contributed by atoms with Crippen molar-refractivity contribution in [1.82, 2.24) is 0 Å². The van der Waals surface area contributed by atoms with Crippen LogP contribution in [0.1, 0.15) is 16.7 Å². The molecule has 0 aromatic heterocycles. The van der Waals surface area contributed by atoms with Crippen molar-refractivity contribution in [3.05, 3.63) is 70.4 Å². The van der Waals surface area contributed by atoms with Crippen LogP contribution >= 0.6 is 0 Å². The average Bonchev–Trinajstić information content (AvgIpc) is 2.38. The lowest BCUT2D eigenvalue weighted by Gasteiger charge is -2.10. The standard InChI is InChI=1S/C15H12F3NO/c1-11-9-13(15(16,17)18)7-8-14(11)19(20)10-12-5-3-2-4-6-12/h2-10H,1H3. The lowest BCUT2D eigenvalue weighted by molar-refractivity contribution is -0.355. The van der Waals surface area contributed by atoms with Gasteiger partial charge in [-0.3, -0.25) is 0 Å². The Kier molecular flexibility index (Phi) is 3.79. The smallest absolute Gasteiger partial charge is 0.416 e. The molecule has 0 heterocycles. The van der Waals surface area contributed by atoms with Crippen molar-refractivity contribution in [3.63, 3.8) is 0 Å². The molecule has 0 aliphatic carbocycles. The van der Waals surface area contributed by atoms with E-state index in [-0.39, 0.29) is 11.3 Å². The summed E-state index contributed by atoms with van der Waals surface area (Å²) >= 11 is 0. The van der Waals surface area contributed by atoms with E-state index in [0.717, 1.165) is 12.1 Å². The number of benzene rings is 2. The molecule has 104 valence electrons. The van der Waals surface area contributed by atoms with Crippen molar-refractivity contribution in [2.45, 2.75) is 13.1 Å². The van der Waals surface area contributed by atoms with Crippen LogP contribution in [0.5, 0.6) is 0 Å². The van der Waals surface area contributed by atoms with Crippen molar-refractivity contribution in [3.8, 4) is 0 Å². The summed E-state index contributed by atoms with van der Waals surface area (Å²) < 4.78 is 38.2. The van der Waals surface area contributed by atoms with E-state index in [2.05, 4.69) is 0 Å². The van der Waals surface area contributed by atoms with Crippen LogP contribution < -0.4 is 0 Å². The first-order valence-corrected chi connectivity index (χ1v) is 5.92. The largest absolute Gasteiger partial charge is 0.618 e. The third kappa shape index (κ3) is 3.17. The highest BCUT2D eigenvalue weighted by Gasteiger charge is 2.31. The van der Waals surface area contributed by atoms with Crippen LogP contribution in [0.25, 0.3) is 0 Å². The van der Waals surface area contributed by atoms with Gasteiger partial charge >= 0.3 is 6.18 Å². The van der Waals surface area contributed by atoms with Crippen LogP contribution in [0.4, 0.5) is 18.9 Å². The Morgan fingerprint density at radius 2 is 1.70 bits per heavy atom. The highest BCUT2D eigenvalue weighted by Crippen LogP contribution is 2.32. The summed E-state index contributed by atoms with van der Waals surface area (Å²) in [4.78, 5) is 0. The van der Waals surface area contributed by atoms with Crippen molar-refractivity contribution in [2.75, 3.05) is 0 Å². The Hall–Kier alpha value is -2.30. The molecule has 0 radical (unpaired) electrons. The highest BCUT2D eigenvalue weighted by molar-refractivity contribution is 5.76. The summed E-state index contributed by atoms with van der Waals surface area (Å²) in [5.41, 5.74) is 0.400. The van der Waals surface area contributed by atoms with Gasteiger partial charge in [0.1, 0.15) is 0 Å². The number of alkyl halides is 3. The maximum absolute atomic E-state index is 12.5. The summed E-state index contributed by atoms with van der Waals surface area (Å²) in [5.74, 6) is 0. The van der Waals surface area contributed by atoms with E-state index in [9.17, 15) is 18.4 Å². The van der Waals surface area contributed by atoms with Gasteiger partial charge in [-0.05, 0) is 31.2 Å². The number of hydrogen-bond donors (Lipinski definition) is 0. The Morgan fingerprint density at radius 1 is 1.05 bits per heavy atom. The fraction of sp³-hybridized carbons (Fsp3) is 0.133. The van der Waals surface area contributed by atoms with Gasteiger partial charge in [-0.25, -0.2) is 0 Å². The van der Waals surface area contributed by atoms with Gasteiger partial charge in [-0.1, -0.05) is 18.2 Å². The van der Waals surface area contributed by atoms with Gasteiger partial charge in [0.15, 0.2) is 6.21 Å². The number of rotatable bonds is 2. The third-order valence-corrected chi connectivity index (χ3v) is 2.83. The van der Waals surface area contributed by atoms with E-state index in [1.807, 2.05) is 6.07 Å². The van der Waals surface area contributed by atoms with E-state index >= 15 is 0 Å². The van der Waals surface area contributed by atoms with E-state index in [0.29, 0.717) is 10.3 Å². The van der Waals surface area contributed by atoms with Gasteiger partial charge in [0.2, 0.25) is 5.69 Å². The molecule has 0 atom stereocenters. The molecule has 2 aromatic carbocycles. The van der Waals surface area contributed by atoms with Gasteiger partial charge in [0.25, 0.3) is 0 Å². The second-order valence-corrected chi connectivity index (χ2v) is 4.36. The topological polar surface area (TPSA) is 26.1 Å². The number of hydrogen-bond acceptors (Lipinski definition) is 1. The second-order valence-electron chi connectivity index (χ2n) is 4.36. The molecule has 0 aliphatic heterocycles. The lowest BCUT2D eigenvalue weighted by Crippen LogP contribution is -2.07. The first-order chi connectivity index (χ1) is 9.38. The van der Waals surface area contributed by atoms with Crippen molar-refractivity contribution >= 4 is 11.9 Å². The highest BCUT2D eigenvalue weighted by atomic mass is 19.4. The molecule has 0 aliphatic rings. The first-order valence-electron chi connectivity index (χ1n) is 5.92. The molecule has 5 heteroatoms. The number of aryl methyl sites for hydroxylation is 1. The third-order valence-electron chi connectivity index (χ3n) is 2.83. The molecule has 0 spiro atoms. The zero-order valence-electron chi connectivity index (χ0n) is 10.7. The predicted molar refractivity (Wildman–Crippen MR) is 71.1 cm³/mol. The molecule has 20 heavy (non-hydrogen) atoms. The summed E-state index contributed by atoms with van der Waals surface area (Å²) in [5, 5.41) is 12.0. The first kappa shape index (κ1) is 14.1. The molecule has 0 bridgehead atoms. The molecule has 0 fully saturated rings. The summed E-state index contributed by atoms with van der Waals surface area (Å²) in [6, 6.07) is 11.9. The van der Waals surface area contributed by atoms with E-state index in [1.165, 1.54) is 19.2 Å². The summed E-state index contributed by atoms with van der Waals surface area (Å²) in [7, 11) is 0. The minimum absolute atomic E-state index is 0.196. The van der Waals surface area contributed by atoms with Crippen LogP contribution in [-0.2, 0) is 6.18 Å². The quantitative estimate of drug-likeness (QED) is 0.349. The maximum atomic E-state index is 12.5. The molecule has 2 nitrogen and oxygen atoms in total. The SMILES string of the molecule is Cc1cc(C(F)(F)F)ccc1[N+]([O-])=Cc1ccccc1. The minimum Gasteiger partial charge on any atom is -0.618 e. The van der Waals surface area contributed by atoms with Gasteiger partial charge in [0, 0.05) is 17.2 Å². The Morgan fingerprint density at radius 3 is 2.25 bits per heavy atom. The minimum atomic E-state index is -4.40. The monoisotopic (exact) mass is 279 g/mol. The van der Waals surface area contributed by atoms with Crippen LogP contribution in [0.2, 0.25) is 0 Å². The van der Waals surface area contributed by atoms with E-state index < -0.39 is 11.7 Å². The van der Waals surface area contributed by atoms with E-state index in [1.54, 1.807) is 24.3 Å². The Labute approximate surface area is 114 Å². The van der Waals surface area contributed by atoms with Crippen LogP contribution in [-0.4, -0.2) is 11.0 Å². The van der Waals surface area contributed by atoms with Crippen LogP contribution in [0.15, 0.2) is 48.5 Å². The van der Waals surface area contributed by atoms with Crippen molar-refractivity contribution in [1.29, 1.82) is 0 Å². The van der Waals surface area contributed by atoms with Crippen LogP contribution in [0, 0.1) is 12.1 Å². The van der Waals surface area contributed by atoms with E-state index in [4.69, 9.17) is 0 Å². The average molecular weight is 279 g/mol. The zero-order valence-corrected chi connectivity index (χ0v) is 10.7. The Bertz CT molecular complexity index is 633. The lowest BCUT2D eigenvalue weighted by atomic mass is 10.1. The second kappa shape index (κ2) is 5.36. The predicted octanol–water partition coefficient (Wildman–Crippen LogP) is 4.27.